The normalized spacial score (nSPS) is 11.1. The molecule has 0 bridgehead atoms. The van der Waals surface area contributed by atoms with Gasteiger partial charge in [0.25, 0.3) is 5.91 Å². The molecule has 0 atom stereocenters. The number of carbonyl (C=O) groups excluding carboxylic acids is 1. The zero-order valence-electron chi connectivity index (χ0n) is 14.1. The molecule has 6 heteroatoms. The third kappa shape index (κ3) is 4.53. The van der Waals surface area contributed by atoms with Crippen molar-refractivity contribution in [2.75, 3.05) is 39.5 Å². The van der Waals surface area contributed by atoms with Crippen molar-refractivity contribution in [1.29, 1.82) is 0 Å². The van der Waals surface area contributed by atoms with Gasteiger partial charge >= 0.3 is 0 Å². The van der Waals surface area contributed by atoms with Gasteiger partial charge in [0, 0.05) is 32.5 Å². The van der Waals surface area contributed by atoms with Crippen molar-refractivity contribution in [3.8, 4) is 0 Å². The van der Waals surface area contributed by atoms with Crippen LogP contribution in [0.2, 0.25) is 0 Å². The van der Waals surface area contributed by atoms with Gasteiger partial charge in [0.05, 0.1) is 30.5 Å². The highest BCUT2D eigenvalue weighted by molar-refractivity contribution is 6.00. The molecule has 2 heterocycles. The molecule has 126 valence electrons. The summed E-state index contributed by atoms with van der Waals surface area (Å²) in [7, 11) is 0. The summed E-state index contributed by atoms with van der Waals surface area (Å²) in [4.78, 5) is 14.6. The Morgan fingerprint density at radius 3 is 2.43 bits per heavy atom. The van der Waals surface area contributed by atoms with Gasteiger partial charge in [-0.05, 0) is 32.4 Å². The molecule has 0 spiro atoms. The lowest BCUT2D eigenvalue weighted by atomic mass is 10.2. The Kier molecular flexibility index (Phi) is 6.55. The Hall–Kier alpha value is -1.92. The van der Waals surface area contributed by atoms with Crippen LogP contribution >= 0.6 is 0 Å². The summed E-state index contributed by atoms with van der Waals surface area (Å²) < 4.78 is 12.5. The summed E-state index contributed by atoms with van der Waals surface area (Å²) >= 11 is 0. The fraction of sp³-hybridized carbons (Fsp3) is 0.529. The van der Waals surface area contributed by atoms with Crippen LogP contribution in [0, 0.1) is 6.92 Å². The van der Waals surface area contributed by atoms with E-state index in [4.69, 9.17) is 9.47 Å². The number of ether oxygens (including phenoxy) is 2. The maximum atomic E-state index is 12.9. The first-order valence-corrected chi connectivity index (χ1v) is 8.06. The summed E-state index contributed by atoms with van der Waals surface area (Å²) in [5, 5.41) is 4.28. The fourth-order valence-corrected chi connectivity index (χ4v) is 2.38. The first-order valence-electron chi connectivity index (χ1n) is 8.06. The number of aromatic nitrogens is 2. The SMILES string of the molecule is CCOCCN(CCOCC)C(=O)c1cnn2cc(C)ccc12. The predicted molar refractivity (Wildman–Crippen MR) is 88.8 cm³/mol. The zero-order valence-corrected chi connectivity index (χ0v) is 14.1. The molecule has 6 nitrogen and oxygen atoms in total. The van der Waals surface area contributed by atoms with Crippen LogP contribution in [0.25, 0.3) is 5.52 Å². The molecule has 0 N–H and O–H groups in total. The third-order valence-electron chi connectivity index (χ3n) is 3.60. The Morgan fingerprint density at radius 2 is 1.83 bits per heavy atom. The van der Waals surface area contributed by atoms with E-state index in [1.165, 1.54) is 0 Å². The van der Waals surface area contributed by atoms with Gasteiger partial charge in [-0.2, -0.15) is 5.10 Å². The number of carbonyl (C=O) groups is 1. The largest absolute Gasteiger partial charge is 0.380 e. The van der Waals surface area contributed by atoms with E-state index >= 15 is 0 Å². The van der Waals surface area contributed by atoms with E-state index < -0.39 is 0 Å². The van der Waals surface area contributed by atoms with E-state index in [2.05, 4.69) is 5.10 Å². The van der Waals surface area contributed by atoms with E-state index in [9.17, 15) is 4.79 Å². The van der Waals surface area contributed by atoms with E-state index in [0.717, 1.165) is 11.1 Å². The first kappa shape index (κ1) is 17.4. The summed E-state index contributed by atoms with van der Waals surface area (Å²) in [6, 6.07) is 3.91. The van der Waals surface area contributed by atoms with Crippen molar-refractivity contribution in [3.63, 3.8) is 0 Å². The monoisotopic (exact) mass is 319 g/mol. The lowest BCUT2D eigenvalue weighted by molar-refractivity contribution is 0.0551. The van der Waals surface area contributed by atoms with Crippen molar-refractivity contribution >= 4 is 11.4 Å². The minimum atomic E-state index is -0.0386. The highest BCUT2D eigenvalue weighted by Gasteiger charge is 2.19. The number of rotatable bonds is 9. The van der Waals surface area contributed by atoms with Crippen LogP contribution in [-0.2, 0) is 9.47 Å². The molecule has 23 heavy (non-hydrogen) atoms. The number of nitrogens with zero attached hydrogens (tertiary/aromatic N) is 3. The van der Waals surface area contributed by atoms with Crippen LogP contribution in [0.3, 0.4) is 0 Å². The highest BCUT2D eigenvalue weighted by Crippen LogP contribution is 2.14. The van der Waals surface area contributed by atoms with Crippen LogP contribution in [0.5, 0.6) is 0 Å². The minimum absolute atomic E-state index is 0.0386. The quantitative estimate of drug-likeness (QED) is 0.665. The van der Waals surface area contributed by atoms with Gasteiger partial charge in [-0.25, -0.2) is 4.52 Å². The number of hydrogen-bond acceptors (Lipinski definition) is 4. The fourth-order valence-electron chi connectivity index (χ4n) is 2.38. The van der Waals surface area contributed by atoms with Gasteiger partial charge in [0.2, 0.25) is 0 Å². The third-order valence-corrected chi connectivity index (χ3v) is 3.60. The first-order chi connectivity index (χ1) is 11.2. The number of amides is 1. The van der Waals surface area contributed by atoms with Crippen molar-refractivity contribution in [3.05, 3.63) is 35.7 Å². The van der Waals surface area contributed by atoms with Crippen LogP contribution in [-0.4, -0.2) is 59.9 Å². The van der Waals surface area contributed by atoms with Gasteiger partial charge in [-0.3, -0.25) is 4.79 Å². The Balaban J connectivity index is 2.16. The molecule has 0 aliphatic heterocycles. The number of aryl methyl sites for hydroxylation is 1. The van der Waals surface area contributed by atoms with Crippen molar-refractivity contribution < 1.29 is 14.3 Å². The molecule has 0 saturated heterocycles. The smallest absolute Gasteiger partial charge is 0.257 e. The summed E-state index contributed by atoms with van der Waals surface area (Å²) in [5.74, 6) is -0.0386. The van der Waals surface area contributed by atoms with Gasteiger partial charge in [-0.1, -0.05) is 6.07 Å². The average Bonchev–Trinajstić information content (AvgIpc) is 2.96. The zero-order chi connectivity index (χ0) is 16.7. The van der Waals surface area contributed by atoms with Gasteiger partial charge in [0.1, 0.15) is 0 Å². The molecule has 0 aliphatic rings. The molecular weight excluding hydrogens is 294 g/mol. The second-order valence-electron chi connectivity index (χ2n) is 5.28. The molecule has 0 aliphatic carbocycles. The molecule has 2 rings (SSSR count). The second-order valence-corrected chi connectivity index (χ2v) is 5.28. The second kappa shape index (κ2) is 8.64. The Bertz CT molecular complexity index is 629. The lowest BCUT2D eigenvalue weighted by Crippen LogP contribution is -2.36. The average molecular weight is 319 g/mol. The van der Waals surface area contributed by atoms with Gasteiger partial charge in [-0.15, -0.1) is 0 Å². The van der Waals surface area contributed by atoms with Crippen LogP contribution in [0.1, 0.15) is 29.8 Å². The Labute approximate surface area is 137 Å². The molecule has 1 amide bonds. The summed E-state index contributed by atoms with van der Waals surface area (Å²) in [5.41, 5.74) is 2.53. The van der Waals surface area contributed by atoms with Crippen molar-refractivity contribution in [2.24, 2.45) is 0 Å². The molecule has 2 aromatic rings. The minimum Gasteiger partial charge on any atom is -0.380 e. The molecule has 0 saturated carbocycles. The molecule has 0 radical (unpaired) electrons. The summed E-state index contributed by atoms with van der Waals surface area (Å²) in [6.45, 7) is 9.30. The van der Waals surface area contributed by atoms with Gasteiger partial charge in [0.15, 0.2) is 0 Å². The van der Waals surface area contributed by atoms with Crippen LogP contribution in [0.15, 0.2) is 24.5 Å². The number of pyridine rings is 1. The summed E-state index contributed by atoms with van der Waals surface area (Å²) in [6.07, 6.45) is 3.54. The Morgan fingerprint density at radius 1 is 1.17 bits per heavy atom. The van der Waals surface area contributed by atoms with Crippen molar-refractivity contribution in [2.45, 2.75) is 20.8 Å². The highest BCUT2D eigenvalue weighted by atomic mass is 16.5. The molecule has 0 unspecified atom stereocenters. The van der Waals surface area contributed by atoms with Gasteiger partial charge < -0.3 is 14.4 Å². The molecule has 0 aromatic carbocycles. The van der Waals surface area contributed by atoms with Crippen LogP contribution < -0.4 is 0 Å². The van der Waals surface area contributed by atoms with E-state index in [-0.39, 0.29) is 5.91 Å². The topological polar surface area (TPSA) is 56.1 Å². The number of hydrogen-bond donors (Lipinski definition) is 0. The lowest BCUT2D eigenvalue weighted by Gasteiger charge is -2.22. The maximum absolute atomic E-state index is 12.9. The van der Waals surface area contributed by atoms with Crippen LogP contribution in [0.4, 0.5) is 0 Å². The van der Waals surface area contributed by atoms with Crippen molar-refractivity contribution in [1.82, 2.24) is 14.5 Å². The van der Waals surface area contributed by atoms with E-state index in [1.807, 2.05) is 39.1 Å². The maximum Gasteiger partial charge on any atom is 0.257 e. The molecule has 2 aromatic heterocycles. The standard InChI is InChI=1S/C17H25N3O3/c1-4-22-10-8-19(9-11-23-5-2)17(21)15-12-18-20-13-14(3)6-7-16(15)20/h6-7,12-13H,4-5,8-11H2,1-3H3. The predicted octanol–water partition coefficient (Wildman–Crippen LogP) is 2.16. The van der Waals surface area contributed by atoms with E-state index in [0.29, 0.717) is 45.1 Å². The molecular formula is C17H25N3O3. The van der Waals surface area contributed by atoms with E-state index in [1.54, 1.807) is 15.6 Å². The molecule has 0 fully saturated rings. The number of fused-ring (bicyclic) bond motifs is 1.